The van der Waals surface area contributed by atoms with Crippen LogP contribution in [0.4, 0.5) is 13.2 Å². The van der Waals surface area contributed by atoms with E-state index in [9.17, 15) is 22.8 Å². The third-order valence-corrected chi connectivity index (χ3v) is 8.19. The fourth-order valence-corrected chi connectivity index (χ4v) is 6.06. The molecule has 2 fully saturated rings. The lowest BCUT2D eigenvalue weighted by Crippen LogP contribution is -2.48. The van der Waals surface area contributed by atoms with Crippen LogP contribution in [0.25, 0.3) is 0 Å². The number of hydrogen-bond donors (Lipinski definition) is 1. The highest BCUT2D eigenvalue weighted by Gasteiger charge is 2.38. The number of ether oxygens (including phenoxy) is 1. The van der Waals surface area contributed by atoms with Crippen molar-refractivity contribution in [2.75, 3.05) is 39.4 Å². The molecule has 4 heterocycles. The van der Waals surface area contributed by atoms with Crippen LogP contribution in [-0.4, -0.2) is 78.1 Å². The molecule has 2 aromatic rings. The molecule has 3 unspecified atom stereocenters. The first-order valence-electron chi connectivity index (χ1n) is 13.8. The molecule has 7 nitrogen and oxygen atoms in total. The van der Waals surface area contributed by atoms with Crippen molar-refractivity contribution in [2.45, 2.75) is 56.8 Å². The summed E-state index contributed by atoms with van der Waals surface area (Å²) in [5.74, 6) is -0.583. The number of rotatable bonds is 7. The Kier molecular flexibility index (Phi) is 8.52. The van der Waals surface area contributed by atoms with Gasteiger partial charge in [-0.15, -0.1) is 0 Å². The SMILES string of the molecule is O=C(CN1CCc2ccc(C(F)(F)F)cc2C1=O)NC1CN(C2CCCOCC2)CC1CCc1ccccn1. The highest BCUT2D eigenvalue weighted by atomic mass is 19.4. The van der Waals surface area contributed by atoms with Gasteiger partial charge < -0.3 is 15.0 Å². The molecule has 0 aliphatic carbocycles. The van der Waals surface area contributed by atoms with Crippen LogP contribution in [0.2, 0.25) is 0 Å². The number of carbonyl (C=O) groups excluding carboxylic acids is 2. The molecule has 0 radical (unpaired) electrons. The molecule has 1 N–H and O–H groups in total. The second-order valence-electron chi connectivity index (χ2n) is 10.8. The predicted octanol–water partition coefficient (Wildman–Crippen LogP) is 3.72. The van der Waals surface area contributed by atoms with Crippen LogP contribution >= 0.6 is 0 Å². The highest BCUT2D eigenvalue weighted by molar-refractivity contribution is 5.99. The van der Waals surface area contributed by atoms with Crippen LogP contribution < -0.4 is 5.32 Å². The molecule has 0 bridgehead atoms. The molecule has 210 valence electrons. The number of aryl methyl sites for hydroxylation is 1. The Labute approximate surface area is 226 Å². The molecular weight excluding hydrogens is 509 g/mol. The summed E-state index contributed by atoms with van der Waals surface area (Å²) in [7, 11) is 0. The summed E-state index contributed by atoms with van der Waals surface area (Å²) >= 11 is 0. The quantitative estimate of drug-likeness (QED) is 0.575. The minimum Gasteiger partial charge on any atom is -0.381 e. The summed E-state index contributed by atoms with van der Waals surface area (Å²) < 4.78 is 45.3. The van der Waals surface area contributed by atoms with Gasteiger partial charge >= 0.3 is 6.18 Å². The number of nitrogens with zero attached hydrogens (tertiary/aromatic N) is 3. The van der Waals surface area contributed by atoms with E-state index < -0.39 is 17.6 Å². The van der Waals surface area contributed by atoms with Gasteiger partial charge in [0, 0.05) is 62.4 Å². The maximum absolute atomic E-state index is 13.2. The zero-order valence-corrected chi connectivity index (χ0v) is 22.0. The molecule has 1 aromatic carbocycles. The first-order chi connectivity index (χ1) is 18.8. The molecular formula is C29H35F3N4O3. The van der Waals surface area contributed by atoms with E-state index in [-0.39, 0.29) is 30.0 Å². The Hall–Kier alpha value is -2.98. The molecule has 1 aromatic heterocycles. The molecule has 5 rings (SSSR count). The lowest BCUT2D eigenvalue weighted by molar-refractivity contribution is -0.137. The normalized spacial score (nSPS) is 24.3. The van der Waals surface area contributed by atoms with Gasteiger partial charge in [0.15, 0.2) is 0 Å². The topological polar surface area (TPSA) is 74.8 Å². The third-order valence-electron chi connectivity index (χ3n) is 8.19. The van der Waals surface area contributed by atoms with Gasteiger partial charge in [-0.25, -0.2) is 0 Å². The number of aromatic nitrogens is 1. The van der Waals surface area contributed by atoms with Crippen LogP contribution in [0.15, 0.2) is 42.6 Å². The van der Waals surface area contributed by atoms with Crippen molar-refractivity contribution in [1.82, 2.24) is 20.1 Å². The van der Waals surface area contributed by atoms with Crippen LogP contribution in [0, 0.1) is 5.92 Å². The Morgan fingerprint density at radius 3 is 2.79 bits per heavy atom. The van der Waals surface area contributed by atoms with Gasteiger partial charge in [-0.05, 0) is 74.3 Å². The molecule has 3 aliphatic rings. The van der Waals surface area contributed by atoms with Gasteiger partial charge in [-0.1, -0.05) is 12.1 Å². The van der Waals surface area contributed by atoms with Gasteiger partial charge in [0.1, 0.15) is 0 Å². The molecule has 3 atom stereocenters. The summed E-state index contributed by atoms with van der Waals surface area (Å²) in [5.41, 5.74) is 0.768. The van der Waals surface area contributed by atoms with Gasteiger partial charge in [-0.2, -0.15) is 13.2 Å². The fourth-order valence-electron chi connectivity index (χ4n) is 6.06. The monoisotopic (exact) mass is 544 g/mol. The largest absolute Gasteiger partial charge is 0.416 e. The standard InChI is InChI=1S/C29H35F3N4O3/c30-29(31,32)22-8-6-20-10-13-35(28(38)25(20)16-22)19-27(37)34-26-18-36(24-5-3-14-39-15-11-24)17-21(26)7-9-23-4-1-2-12-33-23/h1-2,4,6,8,12,16,21,24,26H,3,5,7,9-11,13-15,17-19H2,(H,34,37). The molecule has 0 saturated carbocycles. The molecule has 2 saturated heterocycles. The lowest BCUT2D eigenvalue weighted by Gasteiger charge is -2.29. The van der Waals surface area contributed by atoms with Crippen molar-refractivity contribution >= 4 is 11.8 Å². The third kappa shape index (κ3) is 6.78. The Bertz CT molecular complexity index is 1150. The second-order valence-corrected chi connectivity index (χ2v) is 10.8. The number of hydrogen-bond acceptors (Lipinski definition) is 5. The Morgan fingerprint density at radius 2 is 2.00 bits per heavy atom. The van der Waals surface area contributed by atoms with E-state index in [1.165, 1.54) is 11.0 Å². The average Bonchev–Trinajstić information content (AvgIpc) is 3.11. The maximum atomic E-state index is 13.2. The fraction of sp³-hybridized carbons (Fsp3) is 0.552. The van der Waals surface area contributed by atoms with Crippen molar-refractivity contribution in [3.05, 3.63) is 65.0 Å². The van der Waals surface area contributed by atoms with E-state index in [0.717, 1.165) is 76.2 Å². The second kappa shape index (κ2) is 12.0. The summed E-state index contributed by atoms with van der Waals surface area (Å²) in [6, 6.07) is 9.48. The molecule has 10 heteroatoms. The zero-order chi connectivity index (χ0) is 27.4. The molecule has 39 heavy (non-hydrogen) atoms. The summed E-state index contributed by atoms with van der Waals surface area (Å²) in [4.78, 5) is 34.5. The average molecular weight is 545 g/mol. The number of alkyl halides is 3. The molecule has 3 aliphatic heterocycles. The van der Waals surface area contributed by atoms with Crippen LogP contribution in [-0.2, 0) is 28.5 Å². The Balaban J connectivity index is 1.24. The first kappa shape index (κ1) is 27.6. The zero-order valence-electron chi connectivity index (χ0n) is 22.0. The van der Waals surface area contributed by atoms with Crippen molar-refractivity contribution in [3.63, 3.8) is 0 Å². The number of halogens is 3. The van der Waals surface area contributed by atoms with E-state index in [2.05, 4.69) is 15.2 Å². The maximum Gasteiger partial charge on any atom is 0.416 e. The molecule has 2 amide bonds. The number of nitrogens with one attached hydrogen (secondary N) is 1. The van der Waals surface area contributed by atoms with E-state index in [0.29, 0.717) is 24.6 Å². The number of benzene rings is 1. The van der Waals surface area contributed by atoms with E-state index in [1.54, 1.807) is 6.20 Å². The highest BCUT2D eigenvalue weighted by Crippen LogP contribution is 2.32. The van der Waals surface area contributed by atoms with Gasteiger partial charge in [0.25, 0.3) is 5.91 Å². The summed E-state index contributed by atoms with van der Waals surface area (Å²) in [6.07, 6.45) is 2.40. The van der Waals surface area contributed by atoms with Gasteiger partial charge in [-0.3, -0.25) is 19.5 Å². The number of amides is 2. The number of likely N-dealkylation sites (tertiary alicyclic amines) is 1. The van der Waals surface area contributed by atoms with Gasteiger partial charge in [0.05, 0.1) is 12.1 Å². The van der Waals surface area contributed by atoms with Crippen molar-refractivity contribution in [3.8, 4) is 0 Å². The summed E-state index contributed by atoms with van der Waals surface area (Å²) in [5, 5.41) is 3.17. The molecule has 0 spiro atoms. The van der Waals surface area contributed by atoms with Crippen molar-refractivity contribution in [1.29, 1.82) is 0 Å². The van der Waals surface area contributed by atoms with Crippen LogP contribution in [0.3, 0.4) is 0 Å². The predicted molar refractivity (Wildman–Crippen MR) is 139 cm³/mol. The minimum absolute atomic E-state index is 0.0275. The van der Waals surface area contributed by atoms with Crippen LogP contribution in [0.1, 0.15) is 52.9 Å². The van der Waals surface area contributed by atoms with E-state index >= 15 is 0 Å². The van der Waals surface area contributed by atoms with E-state index in [4.69, 9.17) is 4.74 Å². The number of fused-ring (bicyclic) bond motifs is 1. The van der Waals surface area contributed by atoms with Gasteiger partial charge in [0.2, 0.25) is 5.91 Å². The van der Waals surface area contributed by atoms with Crippen molar-refractivity contribution in [2.24, 2.45) is 5.92 Å². The number of carbonyl (C=O) groups is 2. The number of pyridine rings is 1. The lowest BCUT2D eigenvalue weighted by atomic mass is 9.96. The summed E-state index contributed by atoms with van der Waals surface area (Å²) in [6.45, 7) is 3.26. The van der Waals surface area contributed by atoms with E-state index in [1.807, 2.05) is 18.2 Å². The van der Waals surface area contributed by atoms with Crippen LogP contribution in [0.5, 0.6) is 0 Å². The smallest absolute Gasteiger partial charge is 0.381 e. The minimum atomic E-state index is -4.53. The van der Waals surface area contributed by atoms with Crippen molar-refractivity contribution < 1.29 is 27.5 Å². The Morgan fingerprint density at radius 1 is 1.13 bits per heavy atom. The first-order valence-corrected chi connectivity index (χ1v) is 13.8.